The van der Waals surface area contributed by atoms with Crippen molar-refractivity contribution in [3.63, 3.8) is 0 Å². The molecule has 2 fully saturated rings. The number of nitrogens with one attached hydrogen (secondary N) is 1. The highest BCUT2D eigenvalue weighted by molar-refractivity contribution is 7.99. The van der Waals surface area contributed by atoms with Crippen LogP contribution in [0, 0.1) is 0 Å². The number of rotatable bonds is 6. The number of para-hydroxylation sites is 2. The molecule has 1 saturated carbocycles. The van der Waals surface area contributed by atoms with Crippen molar-refractivity contribution in [1.82, 2.24) is 29.4 Å². The van der Waals surface area contributed by atoms with Crippen molar-refractivity contribution in [3.05, 3.63) is 24.3 Å². The lowest BCUT2D eigenvalue weighted by Crippen LogP contribution is -2.48. The fourth-order valence-corrected chi connectivity index (χ4v) is 6.24. The third-order valence-corrected chi connectivity index (χ3v) is 8.03. The number of benzene rings is 1. The van der Waals surface area contributed by atoms with Gasteiger partial charge in [0.25, 0.3) is 0 Å². The number of aromatic nitrogens is 4. The maximum atomic E-state index is 13.3. The van der Waals surface area contributed by atoms with Crippen molar-refractivity contribution in [2.75, 3.05) is 5.75 Å². The van der Waals surface area contributed by atoms with Crippen LogP contribution in [0.15, 0.2) is 29.4 Å². The van der Waals surface area contributed by atoms with E-state index in [4.69, 9.17) is 0 Å². The predicted molar refractivity (Wildman–Crippen MR) is 129 cm³/mol. The maximum absolute atomic E-state index is 13.3. The standard InChI is InChI=1S/C24H32N6O2S/c1-16-8-7-9-17(2)29(16)22(32)14-28-19-12-5-6-13-20(19)30-23(28)26-27-24(30)33-15-21(31)25-18-10-3-4-11-18/h5-6,12-13,16-18H,3-4,7-11,14-15H2,1-2H3,(H,25,31). The fraction of sp³-hybridized carbons (Fsp3) is 0.583. The smallest absolute Gasteiger partial charge is 0.243 e. The number of piperidine rings is 1. The van der Waals surface area contributed by atoms with E-state index in [1.54, 1.807) is 0 Å². The maximum Gasteiger partial charge on any atom is 0.243 e. The normalized spacial score (nSPS) is 21.8. The fourth-order valence-electron chi connectivity index (χ4n) is 5.49. The minimum Gasteiger partial charge on any atom is -0.353 e. The summed E-state index contributed by atoms with van der Waals surface area (Å²) in [5.41, 5.74) is 1.90. The van der Waals surface area contributed by atoms with Gasteiger partial charge in [-0.1, -0.05) is 36.7 Å². The van der Waals surface area contributed by atoms with E-state index in [1.165, 1.54) is 31.0 Å². The molecule has 8 nitrogen and oxygen atoms in total. The summed E-state index contributed by atoms with van der Waals surface area (Å²) in [6, 6.07) is 8.80. The molecule has 1 saturated heterocycles. The quantitative estimate of drug-likeness (QED) is 0.559. The first-order valence-corrected chi connectivity index (χ1v) is 13.1. The van der Waals surface area contributed by atoms with Crippen molar-refractivity contribution < 1.29 is 9.59 Å². The van der Waals surface area contributed by atoms with E-state index in [0.29, 0.717) is 22.7 Å². The number of likely N-dealkylation sites (tertiary alicyclic amines) is 1. The molecule has 1 aliphatic heterocycles. The highest BCUT2D eigenvalue weighted by Crippen LogP contribution is 2.28. The Balaban J connectivity index is 1.39. The van der Waals surface area contributed by atoms with Gasteiger partial charge in [-0.05, 0) is 58.1 Å². The number of fused-ring (bicyclic) bond motifs is 3. The molecular weight excluding hydrogens is 436 g/mol. The first kappa shape index (κ1) is 22.3. The minimum absolute atomic E-state index is 0.0376. The first-order chi connectivity index (χ1) is 16.0. The summed E-state index contributed by atoms with van der Waals surface area (Å²) in [6.07, 6.45) is 7.79. The van der Waals surface area contributed by atoms with E-state index in [1.807, 2.05) is 38.1 Å². The van der Waals surface area contributed by atoms with Crippen LogP contribution < -0.4 is 5.32 Å². The summed E-state index contributed by atoms with van der Waals surface area (Å²) in [5.74, 6) is 1.10. The Morgan fingerprint density at radius 1 is 1.00 bits per heavy atom. The summed E-state index contributed by atoms with van der Waals surface area (Å²) >= 11 is 1.39. The zero-order valence-corrected chi connectivity index (χ0v) is 20.2. The second-order valence-electron chi connectivity index (χ2n) is 9.46. The Kier molecular flexibility index (Phi) is 6.32. The molecule has 3 heterocycles. The molecule has 0 bridgehead atoms. The van der Waals surface area contributed by atoms with E-state index in [9.17, 15) is 9.59 Å². The number of hydrogen-bond acceptors (Lipinski definition) is 5. The molecule has 1 N–H and O–H groups in total. The lowest BCUT2D eigenvalue weighted by molar-refractivity contribution is -0.137. The van der Waals surface area contributed by atoms with Gasteiger partial charge in [0.05, 0.1) is 16.8 Å². The van der Waals surface area contributed by atoms with Crippen molar-refractivity contribution >= 4 is 40.4 Å². The van der Waals surface area contributed by atoms with Crippen LogP contribution in [0.2, 0.25) is 0 Å². The molecule has 2 amide bonds. The number of imidazole rings is 1. The van der Waals surface area contributed by atoms with E-state index in [2.05, 4.69) is 29.4 Å². The van der Waals surface area contributed by atoms with Crippen LogP contribution in [-0.4, -0.2) is 59.8 Å². The molecule has 2 aliphatic rings. The van der Waals surface area contributed by atoms with Crippen LogP contribution >= 0.6 is 11.8 Å². The van der Waals surface area contributed by atoms with Crippen LogP contribution in [0.1, 0.15) is 58.8 Å². The summed E-state index contributed by atoms with van der Waals surface area (Å²) in [6.45, 7) is 4.51. The van der Waals surface area contributed by atoms with E-state index >= 15 is 0 Å². The minimum atomic E-state index is 0.0376. The Bertz CT molecular complexity index is 1150. The molecule has 0 radical (unpaired) electrons. The van der Waals surface area contributed by atoms with Crippen LogP contribution in [0.3, 0.4) is 0 Å². The van der Waals surface area contributed by atoms with Crippen LogP contribution in [0.25, 0.3) is 16.8 Å². The summed E-state index contributed by atoms with van der Waals surface area (Å²) in [5, 5.41) is 12.6. The molecule has 1 aromatic carbocycles. The third kappa shape index (κ3) is 4.35. The van der Waals surface area contributed by atoms with Crippen LogP contribution in [0.4, 0.5) is 0 Å². The first-order valence-electron chi connectivity index (χ1n) is 12.1. The highest BCUT2D eigenvalue weighted by Gasteiger charge is 2.30. The van der Waals surface area contributed by atoms with Gasteiger partial charge < -0.3 is 10.2 Å². The van der Waals surface area contributed by atoms with Gasteiger partial charge in [-0.15, -0.1) is 10.2 Å². The number of hydrogen-bond donors (Lipinski definition) is 1. The molecule has 2 aromatic heterocycles. The third-order valence-electron chi connectivity index (χ3n) is 7.10. The molecule has 2 unspecified atom stereocenters. The van der Waals surface area contributed by atoms with Gasteiger partial charge in [0.15, 0.2) is 5.16 Å². The molecule has 2 atom stereocenters. The Hall–Kier alpha value is -2.55. The van der Waals surface area contributed by atoms with E-state index in [-0.39, 0.29) is 30.4 Å². The molecule has 0 spiro atoms. The lowest BCUT2D eigenvalue weighted by atomic mass is 9.97. The lowest BCUT2D eigenvalue weighted by Gasteiger charge is -2.39. The number of nitrogens with zero attached hydrogens (tertiary/aromatic N) is 5. The van der Waals surface area contributed by atoms with Crippen molar-refractivity contribution in [2.45, 2.75) is 88.6 Å². The Morgan fingerprint density at radius 3 is 2.42 bits per heavy atom. The van der Waals surface area contributed by atoms with Crippen molar-refractivity contribution in [3.8, 4) is 0 Å². The molecular formula is C24H32N6O2S. The number of carbonyl (C=O) groups excluding carboxylic acids is 2. The van der Waals surface area contributed by atoms with Gasteiger partial charge in [0, 0.05) is 18.1 Å². The van der Waals surface area contributed by atoms with E-state index < -0.39 is 0 Å². The summed E-state index contributed by atoms with van der Waals surface area (Å²) < 4.78 is 3.93. The summed E-state index contributed by atoms with van der Waals surface area (Å²) in [7, 11) is 0. The van der Waals surface area contributed by atoms with Crippen LogP contribution in [-0.2, 0) is 16.1 Å². The number of amides is 2. The molecule has 5 rings (SSSR count). The average Bonchev–Trinajstić information content (AvgIpc) is 3.51. The van der Waals surface area contributed by atoms with Crippen LogP contribution in [0.5, 0.6) is 0 Å². The Labute approximate surface area is 198 Å². The number of carbonyl (C=O) groups is 2. The molecule has 1 aliphatic carbocycles. The Morgan fingerprint density at radius 2 is 1.70 bits per heavy atom. The average molecular weight is 469 g/mol. The zero-order chi connectivity index (χ0) is 22.9. The number of thioether (sulfide) groups is 1. The summed E-state index contributed by atoms with van der Waals surface area (Å²) in [4.78, 5) is 27.8. The second-order valence-corrected chi connectivity index (χ2v) is 10.4. The van der Waals surface area contributed by atoms with Gasteiger partial charge in [0.1, 0.15) is 6.54 Å². The predicted octanol–water partition coefficient (Wildman–Crippen LogP) is 3.62. The second kappa shape index (κ2) is 9.37. The van der Waals surface area contributed by atoms with Gasteiger partial charge in [-0.25, -0.2) is 0 Å². The van der Waals surface area contributed by atoms with E-state index in [0.717, 1.165) is 36.7 Å². The monoisotopic (exact) mass is 468 g/mol. The molecule has 9 heteroatoms. The SMILES string of the molecule is CC1CCCC(C)N1C(=O)Cn1c2ccccc2n2c(SCC(=O)NC3CCCC3)nnc12. The van der Waals surface area contributed by atoms with Gasteiger partial charge in [-0.2, -0.15) is 0 Å². The largest absolute Gasteiger partial charge is 0.353 e. The van der Waals surface area contributed by atoms with Crippen molar-refractivity contribution in [1.29, 1.82) is 0 Å². The molecule has 176 valence electrons. The van der Waals surface area contributed by atoms with Gasteiger partial charge >= 0.3 is 0 Å². The molecule has 33 heavy (non-hydrogen) atoms. The van der Waals surface area contributed by atoms with Crippen molar-refractivity contribution in [2.24, 2.45) is 0 Å². The molecule has 3 aromatic rings. The zero-order valence-electron chi connectivity index (χ0n) is 19.4. The topological polar surface area (TPSA) is 84.5 Å². The highest BCUT2D eigenvalue weighted by atomic mass is 32.2. The van der Waals surface area contributed by atoms with Gasteiger partial charge in [-0.3, -0.25) is 18.6 Å². The van der Waals surface area contributed by atoms with Gasteiger partial charge in [0.2, 0.25) is 17.6 Å².